The summed E-state index contributed by atoms with van der Waals surface area (Å²) in [5, 5.41) is 0. The van der Waals surface area contributed by atoms with Gasteiger partial charge in [0.1, 0.15) is 0 Å². The Hall–Kier alpha value is -0.610. The molecule has 0 aromatic rings. The lowest BCUT2D eigenvalue weighted by molar-refractivity contribution is -0.133. The van der Waals surface area contributed by atoms with Crippen molar-refractivity contribution < 1.29 is 9.53 Å². The van der Waals surface area contributed by atoms with Crippen LogP contribution in [-0.2, 0) is 9.53 Å². The Balaban J connectivity index is 2.40. The van der Waals surface area contributed by atoms with Gasteiger partial charge in [0.2, 0.25) is 5.91 Å². The summed E-state index contributed by atoms with van der Waals surface area (Å²) in [6.45, 7) is 6.30. The standard InChI is InChI=1S/C10H20N2O2/c1-8-5-12(6-9(2)14-8)7-10(13)11(3)4/h8-9H,5-7H2,1-4H3. The third kappa shape index (κ3) is 3.27. The Bertz CT molecular complexity index is 196. The van der Waals surface area contributed by atoms with E-state index >= 15 is 0 Å². The first-order chi connectivity index (χ1) is 6.49. The smallest absolute Gasteiger partial charge is 0.236 e. The number of rotatable bonds is 2. The summed E-state index contributed by atoms with van der Waals surface area (Å²) in [5.41, 5.74) is 0. The number of morpholine rings is 1. The number of amides is 1. The van der Waals surface area contributed by atoms with E-state index in [4.69, 9.17) is 4.74 Å². The average molecular weight is 200 g/mol. The molecule has 0 bridgehead atoms. The molecule has 14 heavy (non-hydrogen) atoms. The summed E-state index contributed by atoms with van der Waals surface area (Å²) in [6, 6.07) is 0. The van der Waals surface area contributed by atoms with Crippen molar-refractivity contribution >= 4 is 5.91 Å². The molecule has 0 radical (unpaired) electrons. The van der Waals surface area contributed by atoms with E-state index in [9.17, 15) is 4.79 Å². The molecule has 1 saturated heterocycles. The normalized spacial score (nSPS) is 28.9. The zero-order valence-electron chi connectivity index (χ0n) is 9.49. The van der Waals surface area contributed by atoms with Crippen LogP contribution in [0.4, 0.5) is 0 Å². The highest BCUT2D eigenvalue weighted by Crippen LogP contribution is 2.10. The molecule has 2 atom stereocenters. The second kappa shape index (κ2) is 4.75. The summed E-state index contributed by atoms with van der Waals surface area (Å²) < 4.78 is 5.59. The van der Waals surface area contributed by atoms with Gasteiger partial charge in [-0.1, -0.05) is 0 Å². The topological polar surface area (TPSA) is 32.8 Å². The average Bonchev–Trinajstić information content (AvgIpc) is 2.01. The monoisotopic (exact) mass is 200 g/mol. The first-order valence-electron chi connectivity index (χ1n) is 5.07. The van der Waals surface area contributed by atoms with Crippen LogP contribution in [0.25, 0.3) is 0 Å². The van der Waals surface area contributed by atoms with Gasteiger partial charge in [0, 0.05) is 27.2 Å². The van der Waals surface area contributed by atoms with Crippen molar-refractivity contribution in [3.05, 3.63) is 0 Å². The summed E-state index contributed by atoms with van der Waals surface area (Å²) in [5.74, 6) is 0.159. The minimum atomic E-state index is 0.159. The Morgan fingerprint density at radius 2 is 1.86 bits per heavy atom. The molecule has 4 nitrogen and oxygen atoms in total. The van der Waals surface area contributed by atoms with Crippen LogP contribution in [0.1, 0.15) is 13.8 Å². The Labute approximate surface area is 85.8 Å². The van der Waals surface area contributed by atoms with Gasteiger partial charge in [-0.05, 0) is 13.8 Å². The minimum absolute atomic E-state index is 0.159. The van der Waals surface area contributed by atoms with Crippen LogP contribution in [0.2, 0.25) is 0 Å². The number of hydrogen-bond acceptors (Lipinski definition) is 3. The molecule has 4 heteroatoms. The Morgan fingerprint density at radius 3 is 2.29 bits per heavy atom. The summed E-state index contributed by atoms with van der Waals surface area (Å²) in [4.78, 5) is 15.3. The Kier molecular flexibility index (Phi) is 3.89. The number of carbonyl (C=O) groups is 1. The van der Waals surface area contributed by atoms with Crippen molar-refractivity contribution in [2.24, 2.45) is 0 Å². The van der Waals surface area contributed by atoms with Crippen molar-refractivity contribution in [3.63, 3.8) is 0 Å². The summed E-state index contributed by atoms with van der Waals surface area (Å²) in [6.07, 6.45) is 0.461. The first-order valence-corrected chi connectivity index (χ1v) is 5.07. The first kappa shape index (κ1) is 11.5. The van der Waals surface area contributed by atoms with E-state index in [1.165, 1.54) is 0 Å². The molecule has 0 N–H and O–H groups in total. The van der Waals surface area contributed by atoms with Gasteiger partial charge in [-0.3, -0.25) is 9.69 Å². The maximum absolute atomic E-state index is 11.5. The van der Waals surface area contributed by atoms with E-state index in [2.05, 4.69) is 4.90 Å². The van der Waals surface area contributed by atoms with E-state index in [0.717, 1.165) is 13.1 Å². The van der Waals surface area contributed by atoms with Gasteiger partial charge in [0.25, 0.3) is 0 Å². The molecule has 1 fully saturated rings. The maximum atomic E-state index is 11.5. The number of nitrogens with zero attached hydrogens (tertiary/aromatic N) is 2. The number of carbonyl (C=O) groups excluding carboxylic acids is 1. The predicted molar refractivity (Wildman–Crippen MR) is 55.1 cm³/mol. The number of hydrogen-bond donors (Lipinski definition) is 0. The highest BCUT2D eigenvalue weighted by molar-refractivity contribution is 5.77. The number of ether oxygens (including phenoxy) is 1. The quantitative estimate of drug-likeness (QED) is 0.637. The Morgan fingerprint density at radius 1 is 1.36 bits per heavy atom. The van der Waals surface area contributed by atoms with Crippen LogP contribution in [0, 0.1) is 0 Å². The molecule has 0 saturated carbocycles. The van der Waals surface area contributed by atoms with Gasteiger partial charge in [-0.25, -0.2) is 0 Å². The van der Waals surface area contributed by atoms with E-state index in [1.54, 1.807) is 19.0 Å². The molecule has 0 spiro atoms. The van der Waals surface area contributed by atoms with Crippen molar-refractivity contribution in [2.45, 2.75) is 26.1 Å². The molecule has 2 unspecified atom stereocenters. The maximum Gasteiger partial charge on any atom is 0.236 e. The molecule has 1 aliphatic rings. The van der Waals surface area contributed by atoms with E-state index in [1.807, 2.05) is 13.8 Å². The van der Waals surface area contributed by atoms with Gasteiger partial charge in [-0.2, -0.15) is 0 Å². The third-order valence-electron chi connectivity index (χ3n) is 2.35. The molecular formula is C10H20N2O2. The summed E-state index contributed by atoms with van der Waals surface area (Å²) >= 11 is 0. The molecule has 0 aliphatic carbocycles. The molecule has 1 amide bonds. The zero-order chi connectivity index (χ0) is 10.7. The van der Waals surface area contributed by atoms with Crippen LogP contribution in [0.15, 0.2) is 0 Å². The number of likely N-dealkylation sites (N-methyl/N-ethyl adjacent to an activating group) is 1. The van der Waals surface area contributed by atoms with Gasteiger partial charge in [0.15, 0.2) is 0 Å². The van der Waals surface area contributed by atoms with E-state index < -0.39 is 0 Å². The third-order valence-corrected chi connectivity index (χ3v) is 2.35. The van der Waals surface area contributed by atoms with Crippen molar-refractivity contribution in [2.75, 3.05) is 33.7 Å². The van der Waals surface area contributed by atoms with Crippen LogP contribution < -0.4 is 0 Å². The lowest BCUT2D eigenvalue weighted by atomic mass is 10.2. The fourth-order valence-electron chi connectivity index (χ4n) is 1.75. The van der Waals surface area contributed by atoms with E-state index in [-0.39, 0.29) is 18.1 Å². The van der Waals surface area contributed by atoms with Crippen LogP contribution in [0.3, 0.4) is 0 Å². The SMILES string of the molecule is CC1CN(CC(=O)N(C)C)CC(C)O1. The second-order valence-corrected chi connectivity index (χ2v) is 4.24. The van der Waals surface area contributed by atoms with Crippen molar-refractivity contribution in [3.8, 4) is 0 Å². The lowest BCUT2D eigenvalue weighted by Crippen LogP contribution is -2.48. The zero-order valence-corrected chi connectivity index (χ0v) is 9.49. The fourth-order valence-corrected chi connectivity index (χ4v) is 1.75. The van der Waals surface area contributed by atoms with Gasteiger partial charge in [0.05, 0.1) is 18.8 Å². The largest absolute Gasteiger partial charge is 0.373 e. The van der Waals surface area contributed by atoms with Gasteiger partial charge < -0.3 is 9.64 Å². The molecule has 1 heterocycles. The van der Waals surface area contributed by atoms with Gasteiger partial charge >= 0.3 is 0 Å². The predicted octanol–water partition coefficient (Wildman–Crippen LogP) is 0.184. The van der Waals surface area contributed by atoms with Gasteiger partial charge in [-0.15, -0.1) is 0 Å². The molecule has 0 aromatic carbocycles. The second-order valence-electron chi connectivity index (χ2n) is 4.24. The lowest BCUT2D eigenvalue weighted by Gasteiger charge is -2.35. The van der Waals surface area contributed by atoms with Crippen LogP contribution >= 0.6 is 0 Å². The molecule has 1 rings (SSSR count). The molecular weight excluding hydrogens is 180 g/mol. The van der Waals surface area contributed by atoms with Crippen LogP contribution in [0.5, 0.6) is 0 Å². The minimum Gasteiger partial charge on any atom is -0.373 e. The van der Waals surface area contributed by atoms with Crippen molar-refractivity contribution in [1.29, 1.82) is 0 Å². The van der Waals surface area contributed by atoms with E-state index in [0.29, 0.717) is 6.54 Å². The highest BCUT2D eigenvalue weighted by Gasteiger charge is 2.23. The summed E-state index contributed by atoms with van der Waals surface area (Å²) in [7, 11) is 3.57. The molecule has 82 valence electrons. The van der Waals surface area contributed by atoms with Crippen molar-refractivity contribution in [1.82, 2.24) is 9.80 Å². The highest BCUT2D eigenvalue weighted by atomic mass is 16.5. The fraction of sp³-hybridized carbons (Fsp3) is 0.900. The van der Waals surface area contributed by atoms with Crippen LogP contribution in [-0.4, -0.2) is 61.6 Å². The molecule has 1 aliphatic heterocycles. The molecule has 0 aromatic heterocycles.